The number of thiophene rings is 1. The summed E-state index contributed by atoms with van der Waals surface area (Å²) in [5.74, 6) is 0.0571. The van der Waals surface area contributed by atoms with Crippen LogP contribution in [0, 0.1) is 0 Å². The number of aromatic nitrogens is 1. The zero-order chi connectivity index (χ0) is 15.5. The number of likely N-dealkylation sites (tertiary alicyclic amines) is 1. The summed E-state index contributed by atoms with van der Waals surface area (Å²) in [5, 5.41) is 5.19. The van der Waals surface area contributed by atoms with Gasteiger partial charge in [-0.2, -0.15) is 0 Å². The number of hydrogen-bond donors (Lipinski definition) is 1. The highest BCUT2D eigenvalue weighted by atomic mass is 32.1. The molecule has 1 aliphatic heterocycles. The van der Waals surface area contributed by atoms with Gasteiger partial charge in [-0.05, 0) is 50.3 Å². The topological polar surface area (TPSA) is 37.3 Å². The monoisotopic (exact) mass is 317 g/mol. The average Bonchev–Trinajstić information content (AvgIpc) is 3.18. The van der Waals surface area contributed by atoms with Gasteiger partial charge in [-0.25, -0.2) is 0 Å². The molecular formula is C17H23N3OS. The molecule has 0 aliphatic carbocycles. The van der Waals surface area contributed by atoms with Crippen molar-refractivity contribution >= 4 is 17.2 Å². The molecule has 1 amide bonds. The lowest BCUT2D eigenvalue weighted by Gasteiger charge is -2.34. The van der Waals surface area contributed by atoms with Crippen molar-refractivity contribution in [2.75, 3.05) is 13.1 Å². The molecule has 3 heterocycles. The Morgan fingerprint density at radius 1 is 1.27 bits per heavy atom. The smallest absolute Gasteiger partial charge is 0.263 e. The van der Waals surface area contributed by atoms with E-state index in [1.807, 2.05) is 40.5 Å². The lowest BCUT2D eigenvalue weighted by atomic mass is 10.0. The highest BCUT2D eigenvalue weighted by Crippen LogP contribution is 2.22. The molecule has 3 rings (SSSR count). The molecule has 1 saturated heterocycles. The zero-order valence-corrected chi connectivity index (χ0v) is 14.0. The first-order valence-electron chi connectivity index (χ1n) is 7.91. The maximum Gasteiger partial charge on any atom is 0.263 e. The van der Waals surface area contributed by atoms with E-state index in [1.54, 1.807) is 0 Å². The van der Waals surface area contributed by atoms with Crippen LogP contribution in [-0.4, -0.2) is 40.5 Å². The van der Waals surface area contributed by atoms with Gasteiger partial charge in [0.25, 0.3) is 5.91 Å². The van der Waals surface area contributed by atoms with Crippen molar-refractivity contribution in [2.24, 2.45) is 0 Å². The van der Waals surface area contributed by atoms with Crippen molar-refractivity contribution in [1.82, 2.24) is 14.8 Å². The quantitative estimate of drug-likeness (QED) is 0.940. The fourth-order valence-corrected chi connectivity index (χ4v) is 3.78. The van der Waals surface area contributed by atoms with Crippen molar-refractivity contribution in [3.63, 3.8) is 0 Å². The molecule has 4 nitrogen and oxygen atoms in total. The van der Waals surface area contributed by atoms with Crippen molar-refractivity contribution in [2.45, 2.75) is 38.8 Å². The molecule has 0 radical (unpaired) electrons. The highest BCUT2D eigenvalue weighted by Gasteiger charge is 2.23. The third-order valence-corrected chi connectivity index (χ3v) is 5.23. The largest absolute Gasteiger partial charge is 0.348 e. The Hall–Kier alpha value is -1.59. The van der Waals surface area contributed by atoms with Gasteiger partial charge in [0.15, 0.2) is 0 Å². The lowest BCUT2D eigenvalue weighted by molar-refractivity contribution is 0.0904. The van der Waals surface area contributed by atoms with E-state index in [1.165, 1.54) is 11.3 Å². The van der Waals surface area contributed by atoms with Gasteiger partial charge in [-0.3, -0.25) is 4.79 Å². The van der Waals surface area contributed by atoms with E-state index in [2.05, 4.69) is 24.1 Å². The van der Waals surface area contributed by atoms with E-state index in [9.17, 15) is 4.79 Å². The molecule has 1 N–H and O–H groups in total. The Kier molecular flexibility index (Phi) is 4.64. The van der Waals surface area contributed by atoms with Crippen LogP contribution in [-0.2, 0) is 0 Å². The van der Waals surface area contributed by atoms with Gasteiger partial charge in [0.05, 0.1) is 5.69 Å². The van der Waals surface area contributed by atoms with E-state index in [0.29, 0.717) is 12.1 Å². The average molecular weight is 317 g/mol. The van der Waals surface area contributed by atoms with Gasteiger partial charge in [-0.15, -0.1) is 11.3 Å². The van der Waals surface area contributed by atoms with Crippen LogP contribution in [0.5, 0.6) is 0 Å². The number of nitrogens with zero attached hydrogens (tertiary/aromatic N) is 2. The van der Waals surface area contributed by atoms with Crippen molar-refractivity contribution in [3.8, 4) is 5.69 Å². The number of piperidine rings is 1. The minimum absolute atomic E-state index is 0.0571. The van der Waals surface area contributed by atoms with Gasteiger partial charge >= 0.3 is 0 Å². The maximum absolute atomic E-state index is 12.6. The number of rotatable bonds is 4. The van der Waals surface area contributed by atoms with Crippen LogP contribution in [0.25, 0.3) is 5.69 Å². The predicted molar refractivity (Wildman–Crippen MR) is 90.8 cm³/mol. The Balaban J connectivity index is 1.63. The normalized spacial score (nSPS) is 17.0. The summed E-state index contributed by atoms with van der Waals surface area (Å²) < 4.78 is 1.99. The molecule has 2 aromatic heterocycles. The second kappa shape index (κ2) is 6.67. The number of carbonyl (C=O) groups excluding carboxylic acids is 1. The molecule has 0 saturated carbocycles. The summed E-state index contributed by atoms with van der Waals surface area (Å²) in [6.07, 6.45) is 6.02. The second-order valence-electron chi connectivity index (χ2n) is 6.10. The minimum atomic E-state index is 0.0571. The molecule has 2 aromatic rings. The van der Waals surface area contributed by atoms with Crippen LogP contribution in [0.2, 0.25) is 0 Å². The van der Waals surface area contributed by atoms with E-state index in [0.717, 1.165) is 36.5 Å². The molecule has 118 valence electrons. The molecule has 0 aromatic carbocycles. The molecule has 0 spiro atoms. The summed E-state index contributed by atoms with van der Waals surface area (Å²) in [4.78, 5) is 15.8. The van der Waals surface area contributed by atoms with Crippen molar-refractivity contribution < 1.29 is 4.79 Å². The molecule has 5 heteroatoms. The first kappa shape index (κ1) is 15.3. The fraction of sp³-hybridized carbons (Fsp3) is 0.471. The first-order chi connectivity index (χ1) is 10.6. The minimum Gasteiger partial charge on any atom is -0.348 e. The fourth-order valence-electron chi connectivity index (χ4n) is 2.98. The number of carbonyl (C=O) groups is 1. The van der Waals surface area contributed by atoms with E-state index in [-0.39, 0.29) is 5.91 Å². The van der Waals surface area contributed by atoms with Gasteiger partial charge in [0.1, 0.15) is 4.88 Å². The van der Waals surface area contributed by atoms with Crippen LogP contribution < -0.4 is 5.32 Å². The Bertz CT molecular complexity index is 610. The Morgan fingerprint density at radius 2 is 1.95 bits per heavy atom. The summed E-state index contributed by atoms with van der Waals surface area (Å²) in [5.41, 5.74) is 0.965. The van der Waals surface area contributed by atoms with Crippen LogP contribution in [0.1, 0.15) is 36.4 Å². The lowest BCUT2D eigenvalue weighted by Crippen LogP contribution is -2.46. The van der Waals surface area contributed by atoms with Crippen LogP contribution in [0.15, 0.2) is 36.0 Å². The summed E-state index contributed by atoms with van der Waals surface area (Å²) in [6.45, 7) is 6.59. The predicted octanol–water partition coefficient (Wildman–Crippen LogP) is 3.14. The molecule has 1 fully saturated rings. The summed E-state index contributed by atoms with van der Waals surface area (Å²) in [6, 6.07) is 6.83. The van der Waals surface area contributed by atoms with Crippen LogP contribution in [0.4, 0.5) is 0 Å². The second-order valence-corrected chi connectivity index (χ2v) is 7.02. The molecule has 1 aliphatic rings. The molecule has 0 atom stereocenters. The van der Waals surface area contributed by atoms with Gasteiger partial charge in [-0.1, -0.05) is 0 Å². The maximum atomic E-state index is 12.6. The number of nitrogens with one attached hydrogen (secondary N) is 1. The molecule has 22 heavy (non-hydrogen) atoms. The van der Waals surface area contributed by atoms with Crippen LogP contribution in [0.3, 0.4) is 0 Å². The summed E-state index contributed by atoms with van der Waals surface area (Å²) >= 11 is 1.51. The van der Waals surface area contributed by atoms with E-state index < -0.39 is 0 Å². The number of amides is 1. The molecule has 0 bridgehead atoms. The van der Waals surface area contributed by atoms with Gasteiger partial charge in [0, 0.05) is 37.6 Å². The number of hydrogen-bond acceptors (Lipinski definition) is 3. The third kappa shape index (κ3) is 3.25. The van der Waals surface area contributed by atoms with Gasteiger partial charge < -0.3 is 14.8 Å². The van der Waals surface area contributed by atoms with Crippen molar-refractivity contribution in [1.29, 1.82) is 0 Å². The summed E-state index contributed by atoms with van der Waals surface area (Å²) in [7, 11) is 0. The van der Waals surface area contributed by atoms with E-state index >= 15 is 0 Å². The van der Waals surface area contributed by atoms with E-state index in [4.69, 9.17) is 0 Å². The first-order valence-corrected chi connectivity index (χ1v) is 8.79. The Morgan fingerprint density at radius 3 is 2.59 bits per heavy atom. The van der Waals surface area contributed by atoms with Crippen LogP contribution >= 0.6 is 11.3 Å². The Labute approximate surface area is 135 Å². The van der Waals surface area contributed by atoms with Crippen molar-refractivity contribution in [3.05, 3.63) is 40.8 Å². The molecular weight excluding hydrogens is 294 g/mol. The third-order valence-electron chi connectivity index (χ3n) is 4.33. The van der Waals surface area contributed by atoms with Gasteiger partial charge in [0.2, 0.25) is 0 Å². The highest BCUT2D eigenvalue weighted by molar-refractivity contribution is 7.12. The molecule has 0 unspecified atom stereocenters. The zero-order valence-electron chi connectivity index (χ0n) is 13.2. The standard InChI is InChI=1S/C17H23N3OS/c1-13(2)19-10-5-14(6-11-19)18-17(21)16-15(7-12-22-16)20-8-3-4-9-20/h3-4,7-9,12-14H,5-6,10-11H2,1-2H3,(H,18,21). The SMILES string of the molecule is CC(C)N1CCC(NC(=O)c2sccc2-n2cccc2)CC1.